The summed E-state index contributed by atoms with van der Waals surface area (Å²) in [7, 11) is 1.49. The highest BCUT2D eigenvalue weighted by atomic mass is 32.2. The molecule has 0 amide bonds. The van der Waals surface area contributed by atoms with E-state index in [4.69, 9.17) is 4.74 Å². The molecule has 2 atom stereocenters. The third kappa shape index (κ3) is 15.4. The third-order valence-electron chi connectivity index (χ3n) is 5.88. The topological polar surface area (TPSA) is 26.3 Å². The van der Waals surface area contributed by atoms with Gasteiger partial charge in [-0.3, -0.25) is 4.79 Å². The number of esters is 1. The predicted octanol–water partition coefficient (Wildman–Crippen LogP) is 8.08. The van der Waals surface area contributed by atoms with Crippen molar-refractivity contribution in [3.63, 3.8) is 0 Å². The zero-order valence-electron chi connectivity index (χ0n) is 18.3. The molecule has 0 aromatic rings. The molecule has 3 heteroatoms. The van der Waals surface area contributed by atoms with E-state index >= 15 is 0 Å². The summed E-state index contributed by atoms with van der Waals surface area (Å²) in [6.45, 7) is 2.29. The smallest absolute Gasteiger partial charge is 0.306 e. The van der Waals surface area contributed by atoms with Crippen molar-refractivity contribution in [3.8, 4) is 0 Å². The van der Waals surface area contributed by atoms with Gasteiger partial charge < -0.3 is 4.74 Å². The molecule has 1 rings (SSSR count). The molecule has 1 saturated heterocycles. The minimum atomic E-state index is -0.0441. The van der Waals surface area contributed by atoms with Crippen molar-refractivity contribution in [2.24, 2.45) is 0 Å². The predicted molar refractivity (Wildman–Crippen MR) is 121 cm³/mol. The fourth-order valence-electron chi connectivity index (χ4n) is 3.93. The molecule has 0 N–H and O–H groups in total. The van der Waals surface area contributed by atoms with Gasteiger partial charge in [-0.05, 0) is 6.42 Å². The summed E-state index contributed by atoms with van der Waals surface area (Å²) in [5.41, 5.74) is 0. The molecule has 0 aliphatic carbocycles. The number of carbonyl (C=O) groups is 1. The minimum Gasteiger partial charge on any atom is -0.469 e. The lowest BCUT2D eigenvalue weighted by Crippen LogP contribution is -2.06. The number of carbonyl (C=O) groups excluding carboxylic acids is 1. The Bertz CT molecular complexity index is 345. The van der Waals surface area contributed by atoms with Crippen molar-refractivity contribution in [1.29, 1.82) is 0 Å². The van der Waals surface area contributed by atoms with Crippen LogP contribution in [0.15, 0.2) is 0 Å². The second-order valence-electron chi connectivity index (χ2n) is 8.44. The van der Waals surface area contributed by atoms with Gasteiger partial charge in [0.25, 0.3) is 0 Å². The zero-order chi connectivity index (χ0) is 19.6. The summed E-state index contributed by atoms with van der Waals surface area (Å²) in [6, 6.07) is 0. The Labute approximate surface area is 174 Å². The molecule has 2 nitrogen and oxygen atoms in total. The van der Waals surface area contributed by atoms with Gasteiger partial charge in [0.1, 0.15) is 0 Å². The van der Waals surface area contributed by atoms with Crippen LogP contribution in [0.25, 0.3) is 0 Å². The lowest BCUT2D eigenvalue weighted by molar-refractivity contribution is -0.140. The van der Waals surface area contributed by atoms with Crippen LogP contribution >= 0.6 is 11.8 Å². The Morgan fingerprint density at radius 2 is 1.07 bits per heavy atom. The van der Waals surface area contributed by atoms with Gasteiger partial charge in [0, 0.05) is 10.5 Å². The van der Waals surface area contributed by atoms with Crippen molar-refractivity contribution in [1.82, 2.24) is 0 Å². The Kier molecular flexibility index (Phi) is 16.5. The number of methoxy groups -OCH3 is 1. The molecule has 1 heterocycles. The minimum absolute atomic E-state index is 0.0441. The maximum absolute atomic E-state index is 11.2. The van der Waals surface area contributed by atoms with E-state index in [1.54, 1.807) is 0 Å². The van der Waals surface area contributed by atoms with Crippen LogP contribution in [-0.2, 0) is 9.53 Å². The fraction of sp³-hybridized carbons (Fsp3) is 0.958. The lowest BCUT2D eigenvalue weighted by atomic mass is 10.0. The maximum atomic E-state index is 11.2. The molecule has 0 aromatic carbocycles. The fourth-order valence-corrected chi connectivity index (χ4v) is 5.06. The van der Waals surface area contributed by atoms with Crippen LogP contribution in [0.5, 0.6) is 0 Å². The van der Waals surface area contributed by atoms with Crippen molar-refractivity contribution in [3.05, 3.63) is 0 Å². The normalized spacial score (nSPS) is 18.6. The second-order valence-corrected chi connectivity index (χ2v) is 9.92. The quantitative estimate of drug-likeness (QED) is 0.118. The van der Waals surface area contributed by atoms with E-state index in [2.05, 4.69) is 6.92 Å². The molecule has 0 saturated carbocycles. The molecule has 1 aliphatic rings. The van der Waals surface area contributed by atoms with Gasteiger partial charge in [0.15, 0.2) is 0 Å². The van der Waals surface area contributed by atoms with Crippen molar-refractivity contribution in [2.45, 2.75) is 139 Å². The lowest BCUT2D eigenvalue weighted by Gasteiger charge is -2.03. The molecule has 0 radical (unpaired) electrons. The van der Waals surface area contributed by atoms with Crippen LogP contribution in [-0.4, -0.2) is 23.6 Å². The molecule has 0 spiro atoms. The highest BCUT2D eigenvalue weighted by Crippen LogP contribution is 2.46. The van der Waals surface area contributed by atoms with Gasteiger partial charge in [-0.15, -0.1) is 0 Å². The van der Waals surface area contributed by atoms with Gasteiger partial charge in [-0.1, -0.05) is 116 Å². The number of hydrogen-bond donors (Lipinski definition) is 0. The van der Waals surface area contributed by atoms with Gasteiger partial charge in [-0.25, -0.2) is 0 Å². The molecule has 2 unspecified atom stereocenters. The number of rotatable bonds is 20. The Morgan fingerprint density at radius 1 is 0.667 bits per heavy atom. The molecule has 0 aromatic heterocycles. The number of ether oxygens (including phenoxy) is 1. The summed E-state index contributed by atoms with van der Waals surface area (Å²) >= 11 is 1.97. The van der Waals surface area contributed by atoms with Gasteiger partial charge >= 0.3 is 5.97 Å². The van der Waals surface area contributed by atoms with Crippen molar-refractivity contribution < 1.29 is 9.53 Å². The Hall–Kier alpha value is -0.180. The van der Waals surface area contributed by atoms with Crippen LogP contribution in [0, 0.1) is 0 Å². The average molecular weight is 399 g/mol. The summed E-state index contributed by atoms with van der Waals surface area (Å²) in [4.78, 5) is 11.2. The SMILES string of the molecule is CCCCCCCCCCCCCCCCCCCC1SC1CC(=O)OC. The molecule has 160 valence electrons. The first kappa shape index (κ1) is 24.9. The maximum Gasteiger partial charge on any atom is 0.306 e. The largest absolute Gasteiger partial charge is 0.469 e. The first-order valence-electron chi connectivity index (χ1n) is 12.0. The zero-order valence-corrected chi connectivity index (χ0v) is 19.1. The summed E-state index contributed by atoms with van der Waals surface area (Å²) < 4.78 is 4.74. The highest BCUT2D eigenvalue weighted by Gasteiger charge is 2.39. The average Bonchev–Trinajstić information content (AvgIpc) is 3.41. The van der Waals surface area contributed by atoms with E-state index in [0.717, 1.165) is 5.25 Å². The van der Waals surface area contributed by atoms with Crippen molar-refractivity contribution >= 4 is 17.7 Å². The number of thioether (sulfide) groups is 1. The van der Waals surface area contributed by atoms with Crippen LogP contribution in [0.3, 0.4) is 0 Å². The van der Waals surface area contributed by atoms with E-state index < -0.39 is 0 Å². The van der Waals surface area contributed by atoms with Crippen LogP contribution < -0.4 is 0 Å². The molecule has 1 fully saturated rings. The standard InChI is InChI=1S/C24H46O2S/c1-3-4-5-6-7-8-9-10-11-12-13-14-15-16-17-18-19-20-22-23(27-22)21-24(25)26-2/h22-23H,3-21H2,1-2H3. The van der Waals surface area contributed by atoms with Gasteiger partial charge in [-0.2, -0.15) is 11.8 Å². The Morgan fingerprint density at radius 3 is 1.48 bits per heavy atom. The molecule has 1 aliphatic heterocycles. The third-order valence-corrected chi connectivity index (χ3v) is 7.32. The molecule has 27 heavy (non-hydrogen) atoms. The van der Waals surface area contributed by atoms with Crippen LogP contribution in [0.4, 0.5) is 0 Å². The van der Waals surface area contributed by atoms with Crippen LogP contribution in [0.1, 0.15) is 129 Å². The summed E-state index contributed by atoms with van der Waals surface area (Å²) in [5.74, 6) is -0.0441. The highest BCUT2D eigenvalue weighted by molar-refractivity contribution is 8.07. The number of hydrogen-bond acceptors (Lipinski definition) is 3. The second kappa shape index (κ2) is 17.9. The van der Waals surface area contributed by atoms with Crippen LogP contribution in [0.2, 0.25) is 0 Å². The first-order chi connectivity index (χ1) is 13.3. The first-order valence-corrected chi connectivity index (χ1v) is 12.9. The van der Waals surface area contributed by atoms with Gasteiger partial charge in [0.2, 0.25) is 0 Å². The monoisotopic (exact) mass is 398 g/mol. The molecule has 0 bridgehead atoms. The summed E-state index contributed by atoms with van der Waals surface area (Å²) in [6.07, 6.45) is 26.2. The van der Waals surface area contributed by atoms with Crippen molar-refractivity contribution in [2.75, 3.05) is 7.11 Å². The molecular weight excluding hydrogens is 352 g/mol. The van der Waals surface area contributed by atoms with E-state index in [1.807, 2.05) is 11.8 Å². The number of unbranched alkanes of at least 4 members (excludes halogenated alkanes) is 16. The van der Waals surface area contributed by atoms with E-state index in [9.17, 15) is 4.79 Å². The van der Waals surface area contributed by atoms with E-state index in [0.29, 0.717) is 11.7 Å². The Balaban J connectivity index is 1.68. The van der Waals surface area contributed by atoms with E-state index in [1.165, 1.54) is 123 Å². The summed E-state index contributed by atoms with van der Waals surface area (Å²) in [5, 5.41) is 1.29. The van der Waals surface area contributed by atoms with E-state index in [-0.39, 0.29) is 5.97 Å². The molecular formula is C24H46O2S. The van der Waals surface area contributed by atoms with Gasteiger partial charge in [0.05, 0.1) is 13.5 Å².